The van der Waals surface area contributed by atoms with Gasteiger partial charge in [0.25, 0.3) is 0 Å². The number of hydrogen-bond donors (Lipinski definition) is 1. The highest BCUT2D eigenvalue weighted by atomic mass is 32.1. The molecule has 2 aromatic heterocycles. The van der Waals surface area contributed by atoms with E-state index in [-0.39, 0.29) is 23.8 Å². The topological polar surface area (TPSA) is 88.1 Å². The summed E-state index contributed by atoms with van der Waals surface area (Å²) in [6.07, 6.45) is 3.98. The molecule has 1 fully saturated rings. The van der Waals surface area contributed by atoms with E-state index in [1.165, 1.54) is 11.3 Å². The van der Waals surface area contributed by atoms with Gasteiger partial charge in [0.1, 0.15) is 33.4 Å². The summed E-state index contributed by atoms with van der Waals surface area (Å²) in [6.45, 7) is 4.48. The lowest BCUT2D eigenvalue weighted by atomic mass is 10.0. The Kier molecular flexibility index (Phi) is 7.04. The van der Waals surface area contributed by atoms with Gasteiger partial charge in [0.05, 0.1) is 6.04 Å². The van der Waals surface area contributed by atoms with E-state index in [9.17, 15) is 9.59 Å². The fourth-order valence-electron chi connectivity index (χ4n) is 4.58. The van der Waals surface area contributed by atoms with Gasteiger partial charge in [-0.1, -0.05) is 85.8 Å². The number of rotatable bonds is 7. The average molecular weight is 500 g/mol. The lowest BCUT2D eigenvalue weighted by Gasteiger charge is -2.29. The minimum Gasteiger partial charge on any atom is -0.340 e. The third-order valence-electron chi connectivity index (χ3n) is 6.81. The number of amides is 2. The molecule has 184 valence electrons. The summed E-state index contributed by atoms with van der Waals surface area (Å²) in [5.74, 6) is -0.384. The molecule has 36 heavy (non-hydrogen) atoms. The van der Waals surface area contributed by atoms with Crippen LogP contribution in [0.25, 0.3) is 21.6 Å². The van der Waals surface area contributed by atoms with Crippen molar-refractivity contribution in [3.05, 3.63) is 77.6 Å². The Morgan fingerprint density at radius 3 is 2.53 bits per heavy atom. The van der Waals surface area contributed by atoms with Crippen molar-refractivity contribution in [2.24, 2.45) is 5.92 Å². The molecular weight excluding hydrogens is 470 g/mol. The van der Waals surface area contributed by atoms with E-state index >= 15 is 0 Å². The monoisotopic (exact) mass is 499 g/mol. The van der Waals surface area contributed by atoms with Crippen LogP contribution in [0.3, 0.4) is 0 Å². The van der Waals surface area contributed by atoms with Crippen LogP contribution >= 0.6 is 11.3 Å². The molecule has 7 nitrogen and oxygen atoms in total. The maximum atomic E-state index is 13.9. The second-order valence-electron chi connectivity index (χ2n) is 9.15. The number of hydrogen-bond acceptors (Lipinski definition) is 6. The molecule has 3 atom stereocenters. The molecule has 0 bridgehead atoms. The Morgan fingerprint density at radius 2 is 1.81 bits per heavy atom. The van der Waals surface area contributed by atoms with Crippen LogP contribution in [0.15, 0.2) is 67.0 Å². The minimum absolute atomic E-state index is 0.103. The van der Waals surface area contributed by atoms with Crippen molar-refractivity contribution in [2.75, 3.05) is 6.54 Å². The summed E-state index contributed by atoms with van der Waals surface area (Å²) in [5, 5.41) is 3.88. The molecule has 5 rings (SSSR count). The Morgan fingerprint density at radius 1 is 1.08 bits per heavy atom. The number of nitrogens with zero attached hydrogens (tertiary/aromatic N) is 4. The van der Waals surface area contributed by atoms with Crippen molar-refractivity contribution in [1.82, 2.24) is 25.2 Å². The number of likely N-dealkylation sites (tertiary alicyclic amines) is 1. The molecular formula is C28H29N5O2S. The zero-order valence-corrected chi connectivity index (χ0v) is 21.2. The quantitative estimate of drug-likeness (QED) is 0.372. The third-order valence-corrected chi connectivity index (χ3v) is 7.87. The molecule has 1 aliphatic heterocycles. The molecule has 0 aliphatic carbocycles. The first-order chi connectivity index (χ1) is 17.6. The van der Waals surface area contributed by atoms with Gasteiger partial charge in [-0.3, -0.25) is 9.59 Å². The lowest BCUT2D eigenvalue weighted by molar-refractivity contribution is -0.138. The number of aromatic nitrogens is 3. The van der Waals surface area contributed by atoms with E-state index in [2.05, 4.69) is 15.3 Å². The van der Waals surface area contributed by atoms with Crippen LogP contribution in [0.2, 0.25) is 0 Å². The summed E-state index contributed by atoms with van der Waals surface area (Å²) in [4.78, 5) is 43.4. The van der Waals surface area contributed by atoms with E-state index in [0.717, 1.165) is 45.0 Å². The van der Waals surface area contributed by atoms with Crippen molar-refractivity contribution < 1.29 is 9.59 Å². The Bertz CT molecular complexity index is 1360. The first-order valence-corrected chi connectivity index (χ1v) is 13.2. The molecule has 0 saturated carbocycles. The molecule has 1 aliphatic rings. The summed E-state index contributed by atoms with van der Waals surface area (Å²) in [6, 6.07) is 18.5. The van der Waals surface area contributed by atoms with Crippen molar-refractivity contribution in [1.29, 1.82) is 0 Å². The van der Waals surface area contributed by atoms with E-state index in [4.69, 9.17) is 4.98 Å². The second-order valence-corrected chi connectivity index (χ2v) is 10.2. The Hall–Kier alpha value is -3.65. The van der Waals surface area contributed by atoms with Gasteiger partial charge in [0, 0.05) is 18.0 Å². The van der Waals surface area contributed by atoms with E-state index in [1.54, 1.807) is 6.33 Å². The lowest BCUT2D eigenvalue weighted by Crippen LogP contribution is -2.44. The molecule has 8 heteroatoms. The van der Waals surface area contributed by atoms with Crippen LogP contribution < -0.4 is 5.32 Å². The maximum Gasteiger partial charge on any atom is 0.250 e. The van der Waals surface area contributed by atoms with Gasteiger partial charge >= 0.3 is 0 Å². The van der Waals surface area contributed by atoms with Crippen LogP contribution in [-0.2, 0) is 9.59 Å². The van der Waals surface area contributed by atoms with Crippen molar-refractivity contribution in [3.8, 4) is 11.3 Å². The highest BCUT2D eigenvalue weighted by Gasteiger charge is 2.37. The summed E-state index contributed by atoms with van der Waals surface area (Å²) in [7, 11) is 0. The molecule has 0 spiro atoms. The minimum atomic E-state index is -0.734. The number of nitrogens with one attached hydrogen (secondary N) is 1. The molecule has 0 radical (unpaired) electrons. The number of thiazole rings is 1. The van der Waals surface area contributed by atoms with Crippen LogP contribution in [0.5, 0.6) is 0 Å². The highest BCUT2D eigenvalue weighted by Crippen LogP contribution is 2.39. The van der Waals surface area contributed by atoms with Gasteiger partial charge in [-0.25, -0.2) is 15.0 Å². The fraction of sp³-hybridized carbons (Fsp3) is 0.321. The van der Waals surface area contributed by atoms with Crippen LogP contribution in [0, 0.1) is 5.92 Å². The standard InChI is InChI=1S/C28H29N5O2S/c1-3-18(2)25(34)31-23(20-13-8-5-9-14-20)28(35)33-16-10-15-21(33)26-32-24-22(19-11-6-4-7-12-19)29-17-30-27(24)36-26/h4-9,11-14,17-18,21,23H,3,10,15-16H2,1-2H3,(H,31,34)/t18-,21+,23+/m1/s1. The Labute approximate surface area is 214 Å². The Balaban J connectivity index is 1.47. The van der Waals surface area contributed by atoms with Crippen LogP contribution in [0.1, 0.15) is 55.8 Å². The number of fused-ring (bicyclic) bond motifs is 1. The van der Waals surface area contributed by atoms with Gasteiger partial charge in [0.2, 0.25) is 11.8 Å². The van der Waals surface area contributed by atoms with Gasteiger partial charge in [0.15, 0.2) is 0 Å². The van der Waals surface area contributed by atoms with Crippen molar-refractivity contribution >= 4 is 33.5 Å². The van der Waals surface area contributed by atoms with Crippen molar-refractivity contribution in [3.63, 3.8) is 0 Å². The average Bonchev–Trinajstić information content (AvgIpc) is 3.59. The van der Waals surface area contributed by atoms with Gasteiger partial charge in [-0.2, -0.15) is 0 Å². The van der Waals surface area contributed by atoms with Crippen molar-refractivity contribution in [2.45, 2.75) is 45.2 Å². The van der Waals surface area contributed by atoms with Gasteiger partial charge in [-0.15, -0.1) is 0 Å². The van der Waals surface area contributed by atoms with Gasteiger partial charge in [-0.05, 0) is 24.8 Å². The molecule has 0 unspecified atom stereocenters. The number of carbonyl (C=O) groups is 2. The summed E-state index contributed by atoms with van der Waals surface area (Å²) in [5.41, 5.74) is 3.32. The number of benzene rings is 2. The fourth-order valence-corrected chi connectivity index (χ4v) is 5.63. The largest absolute Gasteiger partial charge is 0.340 e. The van der Waals surface area contributed by atoms with E-state index in [1.807, 2.05) is 79.4 Å². The molecule has 1 N–H and O–H groups in total. The molecule has 2 amide bonds. The van der Waals surface area contributed by atoms with E-state index in [0.29, 0.717) is 13.0 Å². The van der Waals surface area contributed by atoms with Gasteiger partial charge < -0.3 is 10.2 Å². The SMILES string of the molecule is CC[C@@H](C)C(=O)N[C@H](C(=O)N1CCC[C@H]1c1nc2c(-c3ccccc3)ncnc2s1)c1ccccc1. The molecule has 2 aromatic carbocycles. The normalized spacial score (nSPS) is 17.2. The zero-order valence-electron chi connectivity index (χ0n) is 20.4. The molecule has 1 saturated heterocycles. The maximum absolute atomic E-state index is 13.9. The van der Waals surface area contributed by atoms with Crippen LogP contribution in [0.4, 0.5) is 0 Å². The summed E-state index contributed by atoms with van der Waals surface area (Å²) < 4.78 is 0. The molecule has 3 heterocycles. The smallest absolute Gasteiger partial charge is 0.250 e. The first kappa shape index (κ1) is 24.1. The second kappa shape index (κ2) is 10.5. The zero-order chi connectivity index (χ0) is 25.1. The molecule has 4 aromatic rings. The van der Waals surface area contributed by atoms with Crippen LogP contribution in [-0.4, -0.2) is 38.2 Å². The third kappa shape index (κ3) is 4.73. The predicted molar refractivity (Wildman–Crippen MR) is 141 cm³/mol. The number of carbonyl (C=O) groups excluding carboxylic acids is 2. The highest BCUT2D eigenvalue weighted by molar-refractivity contribution is 7.18. The van der Waals surface area contributed by atoms with E-state index < -0.39 is 6.04 Å². The predicted octanol–water partition coefficient (Wildman–Crippen LogP) is 5.32. The first-order valence-electron chi connectivity index (χ1n) is 12.4. The summed E-state index contributed by atoms with van der Waals surface area (Å²) >= 11 is 1.51.